The third-order valence-corrected chi connectivity index (χ3v) is 2.60. The van der Waals surface area contributed by atoms with Gasteiger partial charge in [0.1, 0.15) is 0 Å². The quantitative estimate of drug-likeness (QED) is 0.765. The number of hydrogen-bond donors (Lipinski definition) is 1. The minimum atomic E-state index is 0.421. The van der Waals surface area contributed by atoms with Crippen molar-refractivity contribution in [2.75, 3.05) is 6.54 Å². The number of nitrogens with two attached hydrogens (primary N) is 1. The first-order valence-corrected chi connectivity index (χ1v) is 5.29. The normalized spacial score (nSPS) is 18.4. The van der Waals surface area contributed by atoms with Crippen molar-refractivity contribution in [3.05, 3.63) is 11.7 Å². The van der Waals surface area contributed by atoms with E-state index in [1.165, 1.54) is 12.8 Å². The maximum atomic E-state index is 5.53. The van der Waals surface area contributed by atoms with E-state index in [2.05, 4.69) is 17.1 Å². The largest absolute Gasteiger partial charge is 0.339 e. The maximum absolute atomic E-state index is 5.53. The van der Waals surface area contributed by atoms with Gasteiger partial charge in [0, 0.05) is 12.8 Å². The fourth-order valence-electron chi connectivity index (χ4n) is 1.42. The fourth-order valence-corrected chi connectivity index (χ4v) is 1.42. The van der Waals surface area contributed by atoms with Crippen LogP contribution in [0.5, 0.6) is 0 Å². The zero-order chi connectivity index (χ0) is 9.97. The molecule has 1 aliphatic carbocycles. The van der Waals surface area contributed by atoms with Gasteiger partial charge >= 0.3 is 0 Å². The number of nitrogens with zero attached hydrogens (tertiary/aromatic N) is 2. The van der Waals surface area contributed by atoms with E-state index in [1.54, 1.807) is 0 Å². The first-order chi connectivity index (χ1) is 6.78. The highest BCUT2D eigenvalue weighted by atomic mass is 16.5. The van der Waals surface area contributed by atoms with Crippen molar-refractivity contribution >= 4 is 0 Å². The van der Waals surface area contributed by atoms with Crippen molar-refractivity contribution in [2.24, 2.45) is 17.6 Å². The molecular formula is C10H17N3O. The Hall–Kier alpha value is -0.900. The van der Waals surface area contributed by atoms with Crippen LogP contribution < -0.4 is 5.73 Å². The Morgan fingerprint density at radius 2 is 2.36 bits per heavy atom. The van der Waals surface area contributed by atoms with Crippen LogP contribution in [0.15, 0.2) is 4.52 Å². The fraction of sp³-hybridized carbons (Fsp3) is 0.800. The molecule has 2 rings (SSSR count). The molecule has 1 heterocycles. The molecule has 0 aromatic carbocycles. The maximum Gasteiger partial charge on any atom is 0.226 e. The SMILES string of the molecule is CC(CN)Cc1nc(CC2CC2)no1. The molecule has 1 aromatic rings. The van der Waals surface area contributed by atoms with E-state index in [0.717, 1.165) is 30.5 Å². The summed E-state index contributed by atoms with van der Waals surface area (Å²) < 4.78 is 5.15. The monoisotopic (exact) mass is 195 g/mol. The van der Waals surface area contributed by atoms with Crippen LogP contribution in [0.2, 0.25) is 0 Å². The first-order valence-electron chi connectivity index (χ1n) is 5.29. The summed E-state index contributed by atoms with van der Waals surface area (Å²) in [7, 11) is 0. The van der Waals surface area contributed by atoms with Crippen LogP contribution in [0.4, 0.5) is 0 Å². The lowest BCUT2D eigenvalue weighted by molar-refractivity contribution is 0.355. The molecule has 1 aliphatic rings. The lowest BCUT2D eigenvalue weighted by atomic mass is 10.1. The summed E-state index contributed by atoms with van der Waals surface area (Å²) >= 11 is 0. The van der Waals surface area contributed by atoms with Gasteiger partial charge in [-0.15, -0.1) is 0 Å². The number of hydrogen-bond acceptors (Lipinski definition) is 4. The zero-order valence-corrected chi connectivity index (χ0v) is 8.57. The molecule has 0 spiro atoms. The molecular weight excluding hydrogens is 178 g/mol. The standard InChI is InChI=1S/C10H17N3O/c1-7(6-11)4-10-12-9(13-14-10)5-8-2-3-8/h7-8H,2-6,11H2,1H3. The Morgan fingerprint density at radius 3 is 3.00 bits per heavy atom. The van der Waals surface area contributed by atoms with Crippen LogP contribution in [0.3, 0.4) is 0 Å². The van der Waals surface area contributed by atoms with Gasteiger partial charge in [0.05, 0.1) is 0 Å². The van der Waals surface area contributed by atoms with Gasteiger partial charge in [0.2, 0.25) is 5.89 Å². The van der Waals surface area contributed by atoms with Gasteiger partial charge in [-0.2, -0.15) is 4.98 Å². The molecule has 4 heteroatoms. The third-order valence-electron chi connectivity index (χ3n) is 2.60. The van der Waals surface area contributed by atoms with Crippen molar-refractivity contribution in [3.63, 3.8) is 0 Å². The van der Waals surface area contributed by atoms with E-state index in [9.17, 15) is 0 Å². The van der Waals surface area contributed by atoms with Crippen molar-refractivity contribution in [1.29, 1.82) is 0 Å². The van der Waals surface area contributed by atoms with Gasteiger partial charge < -0.3 is 10.3 Å². The van der Waals surface area contributed by atoms with Gasteiger partial charge in [-0.1, -0.05) is 12.1 Å². The lowest BCUT2D eigenvalue weighted by Gasteiger charge is -2.01. The Labute approximate surface area is 83.9 Å². The van der Waals surface area contributed by atoms with E-state index in [0.29, 0.717) is 12.5 Å². The van der Waals surface area contributed by atoms with E-state index in [-0.39, 0.29) is 0 Å². The molecule has 0 bridgehead atoms. The summed E-state index contributed by atoms with van der Waals surface area (Å²) in [5, 5.41) is 3.96. The van der Waals surface area contributed by atoms with Gasteiger partial charge in [0.15, 0.2) is 5.82 Å². The smallest absolute Gasteiger partial charge is 0.226 e. The van der Waals surface area contributed by atoms with Crippen molar-refractivity contribution in [2.45, 2.75) is 32.6 Å². The van der Waals surface area contributed by atoms with Crippen LogP contribution in [-0.2, 0) is 12.8 Å². The molecule has 1 atom stereocenters. The van der Waals surface area contributed by atoms with E-state index in [1.807, 2.05) is 0 Å². The predicted octanol–water partition coefficient (Wildman–Crippen LogP) is 1.16. The summed E-state index contributed by atoms with van der Waals surface area (Å²) in [5.41, 5.74) is 5.53. The summed E-state index contributed by atoms with van der Waals surface area (Å²) in [4.78, 5) is 4.35. The van der Waals surface area contributed by atoms with Gasteiger partial charge in [-0.3, -0.25) is 0 Å². The molecule has 0 amide bonds. The second-order valence-corrected chi connectivity index (χ2v) is 4.30. The number of aromatic nitrogens is 2. The number of rotatable bonds is 5. The molecule has 0 aliphatic heterocycles. The van der Waals surface area contributed by atoms with Crippen molar-refractivity contribution < 1.29 is 4.52 Å². The van der Waals surface area contributed by atoms with Crippen molar-refractivity contribution in [3.8, 4) is 0 Å². The molecule has 1 aromatic heterocycles. The Bertz CT molecular complexity index is 293. The highest BCUT2D eigenvalue weighted by Crippen LogP contribution is 2.31. The summed E-state index contributed by atoms with van der Waals surface area (Å²) in [6.07, 6.45) is 4.43. The van der Waals surface area contributed by atoms with E-state index >= 15 is 0 Å². The van der Waals surface area contributed by atoms with Crippen LogP contribution >= 0.6 is 0 Å². The molecule has 1 saturated carbocycles. The Morgan fingerprint density at radius 1 is 1.57 bits per heavy atom. The van der Waals surface area contributed by atoms with Crippen LogP contribution in [0.25, 0.3) is 0 Å². The lowest BCUT2D eigenvalue weighted by Crippen LogP contribution is -2.13. The highest BCUT2D eigenvalue weighted by molar-refractivity contribution is 4.92. The summed E-state index contributed by atoms with van der Waals surface area (Å²) in [6.45, 7) is 2.76. The predicted molar refractivity (Wildman–Crippen MR) is 52.6 cm³/mol. The zero-order valence-electron chi connectivity index (χ0n) is 8.57. The molecule has 1 unspecified atom stereocenters. The van der Waals surface area contributed by atoms with Gasteiger partial charge in [-0.05, 0) is 31.2 Å². The Kier molecular flexibility index (Phi) is 2.82. The molecule has 2 N–H and O–H groups in total. The minimum Gasteiger partial charge on any atom is -0.339 e. The summed E-state index contributed by atoms with van der Waals surface area (Å²) in [6, 6.07) is 0. The molecule has 4 nitrogen and oxygen atoms in total. The van der Waals surface area contributed by atoms with Crippen LogP contribution in [0, 0.1) is 11.8 Å². The van der Waals surface area contributed by atoms with Crippen LogP contribution in [-0.4, -0.2) is 16.7 Å². The van der Waals surface area contributed by atoms with E-state index < -0.39 is 0 Å². The highest BCUT2D eigenvalue weighted by Gasteiger charge is 2.24. The molecule has 0 saturated heterocycles. The molecule has 14 heavy (non-hydrogen) atoms. The second-order valence-electron chi connectivity index (χ2n) is 4.30. The average molecular weight is 195 g/mol. The van der Waals surface area contributed by atoms with Gasteiger partial charge in [0.25, 0.3) is 0 Å². The van der Waals surface area contributed by atoms with Crippen LogP contribution in [0.1, 0.15) is 31.5 Å². The van der Waals surface area contributed by atoms with Gasteiger partial charge in [-0.25, -0.2) is 0 Å². The topological polar surface area (TPSA) is 64.9 Å². The second kappa shape index (κ2) is 4.09. The molecule has 78 valence electrons. The Balaban J connectivity index is 1.88. The minimum absolute atomic E-state index is 0.421. The van der Waals surface area contributed by atoms with Crippen molar-refractivity contribution in [1.82, 2.24) is 10.1 Å². The molecule has 1 fully saturated rings. The van der Waals surface area contributed by atoms with E-state index in [4.69, 9.17) is 10.3 Å². The first kappa shape index (κ1) is 9.65. The summed E-state index contributed by atoms with van der Waals surface area (Å²) in [5.74, 6) is 2.84. The molecule has 0 radical (unpaired) electrons. The average Bonchev–Trinajstić information content (AvgIpc) is 2.87. The third kappa shape index (κ3) is 2.54.